The van der Waals surface area contributed by atoms with Gasteiger partial charge in [-0.15, -0.1) is 0 Å². The van der Waals surface area contributed by atoms with E-state index in [-0.39, 0.29) is 11.9 Å². The second-order valence-corrected chi connectivity index (χ2v) is 5.11. The monoisotopic (exact) mass is 308 g/mol. The van der Waals surface area contributed by atoms with Crippen LogP contribution in [0.2, 0.25) is 5.02 Å². The van der Waals surface area contributed by atoms with E-state index in [1.165, 1.54) is 12.3 Å². The molecule has 0 bridgehead atoms. The van der Waals surface area contributed by atoms with Gasteiger partial charge in [0.15, 0.2) is 5.82 Å². The number of anilines is 2. The van der Waals surface area contributed by atoms with E-state index in [4.69, 9.17) is 11.6 Å². The summed E-state index contributed by atoms with van der Waals surface area (Å²) < 4.78 is 13.8. The quantitative estimate of drug-likeness (QED) is 0.837. The summed E-state index contributed by atoms with van der Waals surface area (Å²) in [7, 11) is 0. The Labute approximate surface area is 128 Å². The molecule has 1 atom stereocenters. The molecule has 0 amide bonds. The molecule has 6 heteroatoms. The van der Waals surface area contributed by atoms with Gasteiger partial charge >= 0.3 is 0 Å². The number of nitrogens with one attached hydrogen (secondary N) is 2. The van der Waals surface area contributed by atoms with Gasteiger partial charge in [-0.3, -0.25) is 0 Å². The van der Waals surface area contributed by atoms with Crippen molar-refractivity contribution in [2.24, 2.45) is 0 Å². The van der Waals surface area contributed by atoms with Crippen LogP contribution < -0.4 is 10.6 Å². The topological polar surface area (TPSA) is 49.8 Å². The minimum atomic E-state index is -0.257. The van der Waals surface area contributed by atoms with Gasteiger partial charge in [0, 0.05) is 12.1 Å². The van der Waals surface area contributed by atoms with Gasteiger partial charge in [0.1, 0.15) is 10.8 Å². The third-order valence-electron chi connectivity index (χ3n) is 3.00. The van der Waals surface area contributed by atoms with Gasteiger partial charge in [0.25, 0.3) is 0 Å². The van der Waals surface area contributed by atoms with Crippen LogP contribution in [-0.2, 0) is 0 Å². The summed E-state index contributed by atoms with van der Waals surface area (Å²) in [5.41, 5.74) is 0.565. The van der Waals surface area contributed by atoms with Crippen molar-refractivity contribution in [2.75, 3.05) is 17.2 Å². The summed E-state index contributed by atoms with van der Waals surface area (Å²) in [6, 6.07) is 6.38. The maximum atomic E-state index is 13.8. The molecule has 0 fully saturated rings. The molecule has 0 saturated heterocycles. The van der Waals surface area contributed by atoms with Crippen molar-refractivity contribution in [3.63, 3.8) is 0 Å². The van der Waals surface area contributed by atoms with Gasteiger partial charge in [-0.2, -0.15) is 4.98 Å². The van der Waals surface area contributed by atoms with Crippen molar-refractivity contribution >= 4 is 23.4 Å². The molecule has 112 valence electrons. The lowest BCUT2D eigenvalue weighted by Gasteiger charge is -2.17. The van der Waals surface area contributed by atoms with Crippen LogP contribution in [0.5, 0.6) is 0 Å². The van der Waals surface area contributed by atoms with Crippen molar-refractivity contribution in [3.05, 3.63) is 46.9 Å². The highest BCUT2D eigenvalue weighted by Gasteiger charge is 2.13. The minimum absolute atomic E-state index is 0.252. The van der Waals surface area contributed by atoms with Crippen molar-refractivity contribution in [3.8, 4) is 0 Å². The molecule has 0 radical (unpaired) electrons. The molecule has 0 aliphatic rings. The highest BCUT2D eigenvalue weighted by atomic mass is 35.5. The Hall–Kier alpha value is -1.88. The predicted octanol–water partition coefficient (Wildman–Crippen LogP) is 4.26. The second-order valence-electron chi connectivity index (χ2n) is 4.70. The molecular formula is C15H18ClFN4. The Kier molecular flexibility index (Phi) is 5.33. The lowest BCUT2D eigenvalue weighted by atomic mass is 10.1. The zero-order valence-electron chi connectivity index (χ0n) is 12.0. The number of nitrogens with zero attached hydrogens (tertiary/aromatic N) is 2. The summed E-state index contributed by atoms with van der Waals surface area (Å²) in [5, 5.41) is 6.62. The van der Waals surface area contributed by atoms with Gasteiger partial charge in [-0.05, 0) is 19.4 Å². The van der Waals surface area contributed by atoms with E-state index < -0.39 is 0 Å². The third kappa shape index (κ3) is 4.04. The van der Waals surface area contributed by atoms with Crippen molar-refractivity contribution in [1.82, 2.24) is 9.97 Å². The molecule has 1 aromatic carbocycles. The largest absolute Gasteiger partial charge is 0.362 e. The van der Waals surface area contributed by atoms with Crippen molar-refractivity contribution in [1.29, 1.82) is 0 Å². The van der Waals surface area contributed by atoms with E-state index in [0.29, 0.717) is 22.4 Å². The first-order valence-electron chi connectivity index (χ1n) is 6.89. The van der Waals surface area contributed by atoms with E-state index >= 15 is 0 Å². The lowest BCUT2D eigenvalue weighted by Crippen LogP contribution is -2.12. The SMILES string of the molecule is CCCNc1ncc(Cl)c(NC(C)c2ccccc2F)n1. The van der Waals surface area contributed by atoms with Crippen LogP contribution in [0.4, 0.5) is 16.2 Å². The summed E-state index contributed by atoms with van der Waals surface area (Å²) in [5.74, 6) is 0.734. The Morgan fingerprint density at radius 2 is 2.10 bits per heavy atom. The van der Waals surface area contributed by atoms with E-state index in [2.05, 4.69) is 27.5 Å². The minimum Gasteiger partial charge on any atom is -0.362 e. The van der Waals surface area contributed by atoms with E-state index in [1.54, 1.807) is 18.2 Å². The number of hydrogen-bond donors (Lipinski definition) is 2. The highest BCUT2D eigenvalue weighted by Crippen LogP contribution is 2.25. The molecule has 0 spiro atoms. The van der Waals surface area contributed by atoms with Crippen LogP contribution in [-0.4, -0.2) is 16.5 Å². The molecule has 1 aromatic heterocycles. The normalized spacial score (nSPS) is 12.0. The fourth-order valence-corrected chi connectivity index (χ4v) is 2.05. The van der Waals surface area contributed by atoms with Gasteiger partial charge in [-0.25, -0.2) is 9.37 Å². The first kappa shape index (κ1) is 15.5. The number of benzene rings is 1. The summed E-state index contributed by atoms with van der Waals surface area (Å²) in [4.78, 5) is 8.42. The maximum Gasteiger partial charge on any atom is 0.224 e. The van der Waals surface area contributed by atoms with E-state index in [9.17, 15) is 4.39 Å². The molecule has 0 saturated carbocycles. The van der Waals surface area contributed by atoms with Crippen LogP contribution in [0.3, 0.4) is 0 Å². The van der Waals surface area contributed by atoms with Gasteiger partial charge in [-0.1, -0.05) is 36.7 Å². The first-order chi connectivity index (χ1) is 10.1. The summed E-state index contributed by atoms with van der Waals surface area (Å²) in [6.45, 7) is 4.70. The zero-order chi connectivity index (χ0) is 15.2. The summed E-state index contributed by atoms with van der Waals surface area (Å²) in [6.07, 6.45) is 2.50. The number of rotatable bonds is 6. The molecule has 0 aliphatic carbocycles. The Morgan fingerprint density at radius 1 is 1.33 bits per heavy atom. The van der Waals surface area contributed by atoms with Crippen molar-refractivity contribution in [2.45, 2.75) is 26.3 Å². The molecular weight excluding hydrogens is 291 g/mol. The molecule has 1 heterocycles. The molecule has 21 heavy (non-hydrogen) atoms. The maximum absolute atomic E-state index is 13.8. The molecule has 4 nitrogen and oxygen atoms in total. The van der Waals surface area contributed by atoms with Crippen LogP contribution >= 0.6 is 11.6 Å². The van der Waals surface area contributed by atoms with Gasteiger partial charge < -0.3 is 10.6 Å². The van der Waals surface area contributed by atoms with Crippen LogP contribution in [0, 0.1) is 5.82 Å². The zero-order valence-corrected chi connectivity index (χ0v) is 12.8. The van der Waals surface area contributed by atoms with E-state index in [1.807, 2.05) is 6.92 Å². The first-order valence-corrected chi connectivity index (χ1v) is 7.27. The molecule has 0 aliphatic heterocycles. The molecule has 2 aromatic rings. The lowest BCUT2D eigenvalue weighted by molar-refractivity contribution is 0.600. The molecule has 1 unspecified atom stereocenters. The third-order valence-corrected chi connectivity index (χ3v) is 3.28. The van der Waals surface area contributed by atoms with Crippen LogP contribution in [0.25, 0.3) is 0 Å². The van der Waals surface area contributed by atoms with E-state index in [0.717, 1.165) is 13.0 Å². The summed E-state index contributed by atoms with van der Waals surface area (Å²) >= 11 is 6.09. The van der Waals surface area contributed by atoms with Crippen LogP contribution in [0.1, 0.15) is 31.9 Å². The fourth-order valence-electron chi connectivity index (χ4n) is 1.90. The number of halogens is 2. The second kappa shape index (κ2) is 7.22. The predicted molar refractivity (Wildman–Crippen MR) is 84.3 cm³/mol. The average Bonchev–Trinajstić information content (AvgIpc) is 2.48. The number of aromatic nitrogens is 2. The molecule has 2 rings (SSSR count). The smallest absolute Gasteiger partial charge is 0.224 e. The fraction of sp³-hybridized carbons (Fsp3) is 0.333. The van der Waals surface area contributed by atoms with Gasteiger partial charge in [0.05, 0.1) is 12.2 Å². The Morgan fingerprint density at radius 3 is 2.81 bits per heavy atom. The standard InChI is InChI=1S/C15H18ClFN4/c1-3-8-18-15-19-9-12(16)14(21-15)20-10(2)11-6-4-5-7-13(11)17/h4-7,9-10H,3,8H2,1-2H3,(H2,18,19,20,21). The average molecular weight is 309 g/mol. The Bertz CT molecular complexity index is 606. The Balaban J connectivity index is 2.16. The van der Waals surface area contributed by atoms with Crippen LogP contribution in [0.15, 0.2) is 30.5 Å². The highest BCUT2D eigenvalue weighted by molar-refractivity contribution is 6.32. The molecule has 2 N–H and O–H groups in total. The van der Waals surface area contributed by atoms with Gasteiger partial charge in [0.2, 0.25) is 5.95 Å². The number of hydrogen-bond acceptors (Lipinski definition) is 4. The van der Waals surface area contributed by atoms with Crippen molar-refractivity contribution < 1.29 is 4.39 Å².